The quantitative estimate of drug-likeness (QED) is 0.477. The number of morpholine rings is 1. The number of nitrogens with zero attached hydrogens (tertiary/aromatic N) is 4. The van der Waals surface area contributed by atoms with Crippen molar-refractivity contribution in [3.63, 3.8) is 0 Å². The molecule has 1 atom stereocenters. The van der Waals surface area contributed by atoms with Crippen LogP contribution in [0.4, 0.5) is 5.82 Å². The second-order valence-corrected chi connectivity index (χ2v) is 7.97. The van der Waals surface area contributed by atoms with E-state index in [1.165, 1.54) is 6.33 Å². The first kappa shape index (κ1) is 19.0. The number of benzene rings is 1. The number of rotatable bonds is 3. The van der Waals surface area contributed by atoms with Crippen LogP contribution in [-0.4, -0.2) is 39.6 Å². The van der Waals surface area contributed by atoms with Crippen molar-refractivity contribution in [1.29, 1.82) is 0 Å². The van der Waals surface area contributed by atoms with Gasteiger partial charge in [0.15, 0.2) is 5.65 Å². The number of aromatic nitrogens is 4. The van der Waals surface area contributed by atoms with Crippen molar-refractivity contribution in [3.05, 3.63) is 65.2 Å². The van der Waals surface area contributed by atoms with Crippen LogP contribution in [0.15, 0.2) is 59.5 Å². The molecule has 4 heterocycles. The molecule has 1 aliphatic rings. The molecular weight excluding hydrogens is 444 g/mol. The average molecular weight is 463 g/mol. The zero-order chi connectivity index (χ0) is 20.5. The molecule has 1 aliphatic heterocycles. The van der Waals surface area contributed by atoms with Gasteiger partial charge in [0.2, 0.25) is 0 Å². The zero-order valence-corrected chi connectivity index (χ0v) is 17.6. The van der Waals surface area contributed by atoms with E-state index in [1.54, 1.807) is 0 Å². The minimum absolute atomic E-state index is 0.0258. The molecule has 1 saturated heterocycles. The molecule has 1 unspecified atom stereocenters. The smallest absolute Gasteiger partial charge is 0.165 e. The number of nitrogen functional groups attached to an aromatic ring is 1. The molecule has 150 valence electrons. The van der Waals surface area contributed by atoms with E-state index in [0.717, 1.165) is 51.0 Å². The number of hydrogen-bond acceptors (Lipinski definition) is 7. The number of nitrogens with two attached hydrogens (primary N) is 1. The Kier molecular flexibility index (Phi) is 5.12. The molecule has 5 rings (SSSR count). The van der Waals surface area contributed by atoms with Crippen LogP contribution in [-0.2, 0) is 4.74 Å². The Balaban J connectivity index is 1.61. The fraction of sp³-hybridized carbons (Fsp3) is 0.182. The van der Waals surface area contributed by atoms with Crippen molar-refractivity contribution in [3.8, 4) is 22.4 Å². The minimum atomic E-state index is -0.0258. The van der Waals surface area contributed by atoms with Crippen molar-refractivity contribution >= 4 is 32.8 Å². The van der Waals surface area contributed by atoms with E-state index >= 15 is 0 Å². The van der Waals surface area contributed by atoms with Crippen LogP contribution >= 0.6 is 15.9 Å². The fourth-order valence-corrected chi connectivity index (χ4v) is 4.02. The molecule has 3 N–H and O–H groups in total. The summed E-state index contributed by atoms with van der Waals surface area (Å²) in [7, 11) is 0. The van der Waals surface area contributed by atoms with E-state index in [2.05, 4.69) is 36.2 Å². The molecule has 3 aromatic heterocycles. The molecule has 0 bridgehead atoms. The van der Waals surface area contributed by atoms with Crippen molar-refractivity contribution in [2.75, 3.05) is 25.4 Å². The summed E-state index contributed by atoms with van der Waals surface area (Å²) >= 11 is 3.55. The summed E-state index contributed by atoms with van der Waals surface area (Å²) in [6.45, 7) is 2.33. The zero-order valence-electron chi connectivity index (χ0n) is 16.0. The minimum Gasteiger partial charge on any atom is -0.383 e. The topological polar surface area (TPSA) is 98.8 Å². The van der Waals surface area contributed by atoms with Crippen molar-refractivity contribution < 1.29 is 4.74 Å². The monoisotopic (exact) mass is 462 g/mol. The number of ether oxygens (including phenoxy) is 1. The average Bonchev–Trinajstić information content (AvgIpc) is 2.79. The highest BCUT2D eigenvalue weighted by molar-refractivity contribution is 9.10. The van der Waals surface area contributed by atoms with E-state index in [9.17, 15) is 0 Å². The maximum Gasteiger partial charge on any atom is 0.165 e. The Labute approximate surface area is 181 Å². The second kappa shape index (κ2) is 8.06. The van der Waals surface area contributed by atoms with E-state index in [-0.39, 0.29) is 6.10 Å². The summed E-state index contributed by atoms with van der Waals surface area (Å²) in [5, 5.41) is 4.07. The lowest BCUT2D eigenvalue weighted by atomic mass is 10.00. The van der Waals surface area contributed by atoms with Crippen LogP contribution in [0.5, 0.6) is 0 Å². The van der Waals surface area contributed by atoms with Gasteiger partial charge in [0.25, 0.3) is 0 Å². The SMILES string of the molecule is Nc1ncnc2nc(-c3ccc(C4CNCCO4)nc3)cc(-c3cccc(Br)c3)c12. The molecule has 1 aromatic carbocycles. The van der Waals surface area contributed by atoms with E-state index < -0.39 is 0 Å². The van der Waals surface area contributed by atoms with E-state index in [1.807, 2.05) is 48.7 Å². The molecule has 0 amide bonds. The van der Waals surface area contributed by atoms with Crippen LogP contribution in [0.1, 0.15) is 11.8 Å². The van der Waals surface area contributed by atoms with Crippen LogP contribution in [0, 0.1) is 0 Å². The van der Waals surface area contributed by atoms with Crippen molar-refractivity contribution in [1.82, 2.24) is 25.3 Å². The van der Waals surface area contributed by atoms with Gasteiger partial charge in [0, 0.05) is 29.3 Å². The summed E-state index contributed by atoms with van der Waals surface area (Å²) in [5.41, 5.74) is 11.3. The number of pyridine rings is 2. The summed E-state index contributed by atoms with van der Waals surface area (Å²) < 4.78 is 6.77. The van der Waals surface area contributed by atoms with Gasteiger partial charge in [-0.1, -0.05) is 28.1 Å². The highest BCUT2D eigenvalue weighted by Gasteiger charge is 2.18. The molecule has 0 spiro atoms. The Morgan fingerprint density at radius 3 is 2.77 bits per heavy atom. The van der Waals surface area contributed by atoms with Gasteiger partial charge in [-0.15, -0.1) is 0 Å². The van der Waals surface area contributed by atoms with Gasteiger partial charge >= 0.3 is 0 Å². The Morgan fingerprint density at radius 2 is 2.00 bits per heavy atom. The third kappa shape index (κ3) is 3.65. The third-order valence-electron chi connectivity index (χ3n) is 5.11. The normalized spacial score (nSPS) is 16.6. The van der Waals surface area contributed by atoms with Gasteiger partial charge < -0.3 is 15.8 Å². The highest BCUT2D eigenvalue weighted by atomic mass is 79.9. The van der Waals surface area contributed by atoms with Gasteiger partial charge in [-0.2, -0.15) is 0 Å². The number of anilines is 1. The van der Waals surface area contributed by atoms with Crippen molar-refractivity contribution in [2.45, 2.75) is 6.10 Å². The summed E-state index contributed by atoms with van der Waals surface area (Å²) in [4.78, 5) is 17.9. The lowest BCUT2D eigenvalue weighted by Gasteiger charge is -2.23. The summed E-state index contributed by atoms with van der Waals surface area (Å²) in [6, 6.07) is 14.1. The first-order valence-electron chi connectivity index (χ1n) is 9.65. The second-order valence-electron chi connectivity index (χ2n) is 7.06. The molecule has 0 radical (unpaired) electrons. The molecule has 7 nitrogen and oxygen atoms in total. The first-order valence-corrected chi connectivity index (χ1v) is 10.4. The molecule has 30 heavy (non-hydrogen) atoms. The standard InChI is InChI=1S/C22H19BrN6O/c23-15-3-1-2-13(8-15)16-9-18(29-22-20(16)21(24)27-12-28-22)14-4-5-17(26-10-14)19-11-25-6-7-30-19/h1-5,8-10,12,19,25H,6-7,11H2,(H2,24,27,28,29). The Hall–Kier alpha value is -2.94. The molecule has 0 aliphatic carbocycles. The predicted molar refractivity (Wildman–Crippen MR) is 120 cm³/mol. The molecule has 8 heteroatoms. The van der Waals surface area contributed by atoms with Crippen LogP contribution in [0.2, 0.25) is 0 Å². The molecule has 1 fully saturated rings. The number of halogens is 1. The van der Waals surface area contributed by atoms with Crippen LogP contribution in [0.25, 0.3) is 33.4 Å². The van der Waals surface area contributed by atoms with Gasteiger partial charge in [-0.05, 0) is 41.5 Å². The Bertz CT molecular complexity index is 1210. The molecule has 4 aromatic rings. The molecule has 0 saturated carbocycles. The number of fused-ring (bicyclic) bond motifs is 1. The first-order chi connectivity index (χ1) is 14.7. The lowest BCUT2D eigenvalue weighted by molar-refractivity contribution is 0.0250. The van der Waals surface area contributed by atoms with Gasteiger partial charge in [-0.25, -0.2) is 15.0 Å². The highest BCUT2D eigenvalue weighted by Crippen LogP contribution is 2.34. The van der Waals surface area contributed by atoms with Gasteiger partial charge in [0.1, 0.15) is 18.2 Å². The lowest BCUT2D eigenvalue weighted by Crippen LogP contribution is -2.33. The predicted octanol–water partition coefficient (Wildman–Crippen LogP) is 3.76. The largest absolute Gasteiger partial charge is 0.383 e. The van der Waals surface area contributed by atoms with Crippen molar-refractivity contribution in [2.24, 2.45) is 0 Å². The van der Waals surface area contributed by atoms with Crippen LogP contribution in [0.3, 0.4) is 0 Å². The van der Waals surface area contributed by atoms with E-state index in [4.69, 9.17) is 15.5 Å². The Morgan fingerprint density at radius 1 is 1.07 bits per heavy atom. The number of nitrogens with one attached hydrogen (secondary N) is 1. The van der Waals surface area contributed by atoms with Gasteiger partial charge in [0.05, 0.1) is 23.4 Å². The third-order valence-corrected chi connectivity index (χ3v) is 5.60. The number of hydrogen-bond donors (Lipinski definition) is 2. The van der Waals surface area contributed by atoms with Gasteiger partial charge in [-0.3, -0.25) is 4.98 Å². The fourth-order valence-electron chi connectivity index (χ4n) is 3.62. The summed E-state index contributed by atoms with van der Waals surface area (Å²) in [6.07, 6.45) is 3.24. The van der Waals surface area contributed by atoms with Crippen LogP contribution < -0.4 is 11.1 Å². The maximum absolute atomic E-state index is 6.19. The molecular formula is C22H19BrN6O. The summed E-state index contributed by atoms with van der Waals surface area (Å²) in [5.74, 6) is 0.407. The van der Waals surface area contributed by atoms with E-state index in [0.29, 0.717) is 18.1 Å². The maximum atomic E-state index is 6.19.